The molecule has 0 atom stereocenters. The second-order valence-corrected chi connectivity index (χ2v) is 3.28. The minimum absolute atomic E-state index is 0.139. The predicted octanol–water partition coefficient (Wildman–Crippen LogP) is 0.981. The first kappa shape index (κ1) is 10.8. The standard InChI is InChI=1S/C6H8N4O2S2/c1-2-12-6(11)9-4(13)8-5-10-7-3-14-5/h3H,2H2,1H3,(H2,8,9,10,11,13). The third-order valence-corrected chi connectivity index (χ3v) is 1.88. The molecule has 0 aliphatic rings. The summed E-state index contributed by atoms with van der Waals surface area (Å²) >= 11 is 6.09. The Labute approximate surface area is 89.7 Å². The van der Waals surface area contributed by atoms with Crippen LogP contribution in [0.25, 0.3) is 0 Å². The minimum Gasteiger partial charge on any atom is -0.450 e. The van der Waals surface area contributed by atoms with Gasteiger partial charge in [0, 0.05) is 0 Å². The van der Waals surface area contributed by atoms with Crippen molar-refractivity contribution >= 4 is 39.9 Å². The molecule has 0 spiro atoms. The van der Waals surface area contributed by atoms with Gasteiger partial charge in [0.25, 0.3) is 0 Å². The maximum absolute atomic E-state index is 10.9. The maximum atomic E-state index is 10.9. The average molecular weight is 232 g/mol. The Kier molecular flexibility index (Phi) is 4.20. The SMILES string of the molecule is CCOC(=O)NC(=S)Nc1nncs1. The summed E-state index contributed by atoms with van der Waals surface area (Å²) in [5, 5.41) is 12.9. The van der Waals surface area contributed by atoms with E-state index in [1.165, 1.54) is 11.3 Å². The number of aromatic nitrogens is 2. The topological polar surface area (TPSA) is 76.1 Å². The average Bonchev–Trinajstić information content (AvgIpc) is 2.56. The van der Waals surface area contributed by atoms with Gasteiger partial charge in [-0.1, -0.05) is 11.3 Å². The lowest BCUT2D eigenvalue weighted by Gasteiger charge is -2.05. The van der Waals surface area contributed by atoms with Gasteiger partial charge in [-0.3, -0.25) is 5.32 Å². The number of hydrogen-bond acceptors (Lipinski definition) is 6. The van der Waals surface area contributed by atoms with Gasteiger partial charge in [0.1, 0.15) is 5.51 Å². The Morgan fingerprint density at radius 3 is 3.14 bits per heavy atom. The number of amides is 1. The van der Waals surface area contributed by atoms with Gasteiger partial charge in [0.05, 0.1) is 6.61 Å². The number of nitrogens with zero attached hydrogens (tertiary/aromatic N) is 2. The fraction of sp³-hybridized carbons (Fsp3) is 0.333. The van der Waals surface area contributed by atoms with E-state index in [2.05, 4.69) is 25.6 Å². The summed E-state index contributed by atoms with van der Waals surface area (Å²) in [4.78, 5) is 10.9. The second kappa shape index (κ2) is 5.45. The molecule has 14 heavy (non-hydrogen) atoms. The van der Waals surface area contributed by atoms with Crippen molar-refractivity contribution < 1.29 is 9.53 Å². The highest BCUT2D eigenvalue weighted by Gasteiger charge is 2.05. The number of hydrogen-bond donors (Lipinski definition) is 2. The summed E-state index contributed by atoms with van der Waals surface area (Å²) in [6.07, 6.45) is -0.588. The van der Waals surface area contributed by atoms with Gasteiger partial charge >= 0.3 is 6.09 Å². The first-order valence-electron chi connectivity index (χ1n) is 3.73. The number of rotatable bonds is 2. The van der Waals surface area contributed by atoms with Gasteiger partial charge < -0.3 is 10.1 Å². The molecular weight excluding hydrogens is 224 g/mol. The van der Waals surface area contributed by atoms with E-state index in [1.807, 2.05) is 0 Å². The largest absolute Gasteiger partial charge is 0.450 e. The van der Waals surface area contributed by atoms with Crippen LogP contribution in [0.4, 0.5) is 9.93 Å². The maximum Gasteiger partial charge on any atom is 0.413 e. The molecule has 2 N–H and O–H groups in total. The molecule has 0 bridgehead atoms. The number of nitrogens with one attached hydrogen (secondary N) is 2. The van der Waals surface area contributed by atoms with Gasteiger partial charge in [-0.15, -0.1) is 10.2 Å². The van der Waals surface area contributed by atoms with Crippen molar-refractivity contribution in [3.05, 3.63) is 5.51 Å². The van der Waals surface area contributed by atoms with E-state index in [-0.39, 0.29) is 5.11 Å². The first-order chi connectivity index (χ1) is 6.72. The summed E-state index contributed by atoms with van der Waals surface area (Å²) in [6, 6.07) is 0. The van der Waals surface area contributed by atoms with E-state index in [0.717, 1.165) is 0 Å². The molecular formula is C6H8N4O2S2. The number of ether oxygens (including phenoxy) is 1. The Morgan fingerprint density at radius 1 is 1.79 bits per heavy atom. The van der Waals surface area contributed by atoms with Crippen molar-refractivity contribution in [1.29, 1.82) is 0 Å². The van der Waals surface area contributed by atoms with Crippen LogP contribution in [0.1, 0.15) is 6.92 Å². The number of carbonyl (C=O) groups is 1. The van der Waals surface area contributed by atoms with E-state index in [0.29, 0.717) is 11.7 Å². The van der Waals surface area contributed by atoms with Gasteiger partial charge in [-0.25, -0.2) is 4.79 Å². The van der Waals surface area contributed by atoms with Crippen molar-refractivity contribution in [2.24, 2.45) is 0 Å². The van der Waals surface area contributed by atoms with Crippen LogP contribution >= 0.6 is 23.6 Å². The summed E-state index contributed by atoms with van der Waals surface area (Å²) in [6.45, 7) is 2.01. The summed E-state index contributed by atoms with van der Waals surface area (Å²) in [7, 11) is 0. The van der Waals surface area contributed by atoms with Crippen molar-refractivity contribution in [3.8, 4) is 0 Å². The van der Waals surface area contributed by atoms with Crippen LogP contribution in [-0.2, 0) is 4.74 Å². The summed E-state index contributed by atoms with van der Waals surface area (Å²) < 4.78 is 4.62. The summed E-state index contributed by atoms with van der Waals surface area (Å²) in [5.74, 6) is 0. The van der Waals surface area contributed by atoms with E-state index in [4.69, 9.17) is 12.2 Å². The molecule has 0 saturated carbocycles. The molecule has 76 valence electrons. The quantitative estimate of drug-likeness (QED) is 0.740. The first-order valence-corrected chi connectivity index (χ1v) is 5.02. The molecule has 1 amide bonds. The van der Waals surface area contributed by atoms with E-state index >= 15 is 0 Å². The van der Waals surface area contributed by atoms with Crippen LogP contribution in [0.3, 0.4) is 0 Å². The monoisotopic (exact) mass is 232 g/mol. The molecule has 6 nitrogen and oxygen atoms in total. The van der Waals surface area contributed by atoms with Crippen LogP contribution < -0.4 is 10.6 Å². The van der Waals surface area contributed by atoms with Crippen LogP contribution in [0.2, 0.25) is 0 Å². The third-order valence-electron chi connectivity index (χ3n) is 1.07. The van der Waals surface area contributed by atoms with Gasteiger partial charge in [-0.05, 0) is 19.1 Å². The zero-order valence-corrected chi connectivity index (χ0v) is 8.94. The zero-order chi connectivity index (χ0) is 10.4. The normalized spacial score (nSPS) is 9.21. The molecule has 0 unspecified atom stereocenters. The Hall–Kier alpha value is -1.28. The minimum atomic E-state index is -0.588. The van der Waals surface area contributed by atoms with Crippen molar-refractivity contribution in [1.82, 2.24) is 15.5 Å². The molecule has 0 radical (unpaired) electrons. The molecule has 0 aliphatic heterocycles. The Balaban J connectivity index is 2.33. The molecule has 8 heteroatoms. The van der Waals surface area contributed by atoms with Crippen LogP contribution in [0.15, 0.2) is 5.51 Å². The van der Waals surface area contributed by atoms with Gasteiger partial charge in [0.2, 0.25) is 5.13 Å². The predicted molar refractivity (Wildman–Crippen MR) is 56.3 cm³/mol. The molecule has 0 aliphatic carbocycles. The summed E-state index contributed by atoms with van der Waals surface area (Å²) in [5.41, 5.74) is 1.55. The Bertz CT molecular complexity index is 314. The lowest BCUT2D eigenvalue weighted by atomic mass is 10.8. The molecule has 1 heterocycles. The lowest BCUT2D eigenvalue weighted by Crippen LogP contribution is -2.34. The lowest BCUT2D eigenvalue weighted by molar-refractivity contribution is 0.158. The van der Waals surface area contributed by atoms with Gasteiger partial charge in [0.15, 0.2) is 5.11 Å². The number of alkyl carbamates (subject to hydrolysis) is 1. The fourth-order valence-electron chi connectivity index (χ4n) is 0.616. The zero-order valence-electron chi connectivity index (χ0n) is 7.31. The second-order valence-electron chi connectivity index (χ2n) is 2.04. The third kappa shape index (κ3) is 3.62. The molecule has 1 rings (SSSR count). The fourth-order valence-corrected chi connectivity index (χ4v) is 1.31. The number of anilines is 1. The molecule has 0 fully saturated rings. The van der Waals surface area contributed by atoms with E-state index < -0.39 is 6.09 Å². The van der Waals surface area contributed by atoms with E-state index in [9.17, 15) is 4.79 Å². The highest BCUT2D eigenvalue weighted by molar-refractivity contribution is 7.80. The van der Waals surface area contributed by atoms with Crippen molar-refractivity contribution in [3.63, 3.8) is 0 Å². The van der Waals surface area contributed by atoms with Crippen LogP contribution in [0.5, 0.6) is 0 Å². The van der Waals surface area contributed by atoms with Crippen molar-refractivity contribution in [2.45, 2.75) is 6.92 Å². The molecule has 1 aromatic rings. The molecule has 1 aromatic heterocycles. The Morgan fingerprint density at radius 2 is 2.57 bits per heavy atom. The highest BCUT2D eigenvalue weighted by atomic mass is 32.1. The molecule has 0 aromatic carbocycles. The number of thiocarbonyl (C=S) groups is 1. The number of carbonyl (C=O) groups excluding carboxylic acids is 1. The van der Waals surface area contributed by atoms with E-state index in [1.54, 1.807) is 12.4 Å². The molecule has 0 saturated heterocycles. The van der Waals surface area contributed by atoms with Gasteiger partial charge in [-0.2, -0.15) is 0 Å². The highest BCUT2D eigenvalue weighted by Crippen LogP contribution is 2.06. The van der Waals surface area contributed by atoms with Crippen LogP contribution in [0, 0.1) is 0 Å². The van der Waals surface area contributed by atoms with Crippen molar-refractivity contribution in [2.75, 3.05) is 11.9 Å². The smallest absolute Gasteiger partial charge is 0.413 e. The van der Waals surface area contributed by atoms with Crippen LogP contribution in [-0.4, -0.2) is 28.0 Å².